The lowest BCUT2D eigenvalue weighted by Gasteiger charge is -2.06. The van der Waals surface area contributed by atoms with Crippen molar-refractivity contribution < 1.29 is 9.59 Å². The van der Waals surface area contributed by atoms with Gasteiger partial charge < -0.3 is 0 Å². The average Bonchev–Trinajstić information content (AvgIpc) is 1.99. The summed E-state index contributed by atoms with van der Waals surface area (Å²) >= 11 is 10.8. The molecule has 0 aliphatic heterocycles. The lowest BCUT2D eigenvalue weighted by atomic mass is 9.97. The number of Topliss-reactive ketones (excluding diaryl/α,β-unsaturated/α-hetero) is 2. The Morgan fingerprint density at radius 1 is 1.38 bits per heavy atom. The normalized spacial score (nSPS) is 12.0. The molecule has 0 aromatic heterocycles. The van der Waals surface area contributed by atoms with Gasteiger partial charge in [0.2, 0.25) is 0 Å². The number of carbonyl (C=O) groups is 2. The minimum absolute atomic E-state index is 0.0374. The predicted octanol–water partition coefficient (Wildman–Crippen LogP) is 2.88. The van der Waals surface area contributed by atoms with E-state index in [9.17, 15) is 9.59 Å². The molecule has 0 rings (SSSR count). The van der Waals surface area contributed by atoms with Crippen LogP contribution in [-0.2, 0) is 9.59 Å². The van der Waals surface area contributed by atoms with Gasteiger partial charge in [-0.15, -0.1) is 0 Å². The standard InChI is InChI=1S/C9H12Cl2O2/c1-3-4-8(13)7(6(2)12)5-9(10)11/h5,7H,3-4H2,1-2H3. The summed E-state index contributed by atoms with van der Waals surface area (Å²) in [4.78, 5) is 22.4. The van der Waals surface area contributed by atoms with Crippen LogP contribution in [-0.4, -0.2) is 11.6 Å². The highest BCUT2D eigenvalue weighted by Crippen LogP contribution is 2.15. The molecule has 0 saturated carbocycles. The fourth-order valence-corrected chi connectivity index (χ4v) is 1.22. The molecule has 74 valence electrons. The second-order valence-corrected chi connectivity index (χ2v) is 3.77. The first-order valence-corrected chi connectivity index (χ1v) is 4.80. The number of allylic oxidation sites excluding steroid dienone is 1. The highest BCUT2D eigenvalue weighted by molar-refractivity contribution is 6.56. The van der Waals surface area contributed by atoms with Gasteiger partial charge in [-0.3, -0.25) is 9.59 Å². The molecule has 0 aliphatic rings. The van der Waals surface area contributed by atoms with Crippen LogP contribution in [0.15, 0.2) is 10.6 Å². The number of carbonyl (C=O) groups excluding carboxylic acids is 2. The highest BCUT2D eigenvalue weighted by atomic mass is 35.5. The van der Waals surface area contributed by atoms with Crippen molar-refractivity contribution in [2.75, 3.05) is 0 Å². The summed E-state index contributed by atoms with van der Waals surface area (Å²) < 4.78 is -0.0374. The number of hydrogen-bond donors (Lipinski definition) is 0. The Balaban J connectivity index is 4.52. The van der Waals surface area contributed by atoms with Crippen molar-refractivity contribution in [1.29, 1.82) is 0 Å². The van der Waals surface area contributed by atoms with Gasteiger partial charge in [0.1, 0.15) is 16.1 Å². The fraction of sp³-hybridized carbons (Fsp3) is 0.556. The maximum Gasteiger partial charge on any atom is 0.147 e. The Morgan fingerprint density at radius 3 is 2.23 bits per heavy atom. The quantitative estimate of drug-likeness (QED) is 0.671. The molecule has 1 unspecified atom stereocenters. The van der Waals surface area contributed by atoms with Gasteiger partial charge in [0.05, 0.1) is 5.92 Å². The third kappa shape index (κ3) is 5.06. The molecule has 13 heavy (non-hydrogen) atoms. The Labute approximate surface area is 87.9 Å². The number of hydrogen-bond acceptors (Lipinski definition) is 2. The van der Waals surface area contributed by atoms with Gasteiger partial charge in [-0.05, 0) is 19.4 Å². The van der Waals surface area contributed by atoms with Gasteiger partial charge in [-0.25, -0.2) is 0 Å². The molecule has 0 bridgehead atoms. The summed E-state index contributed by atoms with van der Waals surface area (Å²) in [6, 6.07) is 0. The molecule has 0 amide bonds. The lowest BCUT2D eigenvalue weighted by molar-refractivity contribution is -0.129. The van der Waals surface area contributed by atoms with Crippen LogP contribution < -0.4 is 0 Å². The minimum Gasteiger partial charge on any atom is -0.299 e. The molecule has 0 aliphatic carbocycles. The van der Waals surface area contributed by atoms with Crippen molar-refractivity contribution in [1.82, 2.24) is 0 Å². The van der Waals surface area contributed by atoms with Gasteiger partial charge in [-0.2, -0.15) is 0 Å². The van der Waals surface area contributed by atoms with E-state index in [1.807, 2.05) is 6.92 Å². The monoisotopic (exact) mass is 222 g/mol. The molecule has 0 fully saturated rings. The van der Waals surface area contributed by atoms with E-state index in [0.717, 1.165) is 6.42 Å². The molecule has 0 N–H and O–H groups in total. The summed E-state index contributed by atoms with van der Waals surface area (Å²) in [7, 11) is 0. The van der Waals surface area contributed by atoms with E-state index in [4.69, 9.17) is 23.2 Å². The molecular weight excluding hydrogens is 211 g/mol. The largest absolute Gasteiger partial charge is 0.299 e. The van der Waals surface area contributed by atoms with Crippen molar-refractivity contribution in [2.45, 2.75) is 26.7 Å². The topological polar surface area (TPSA) is 34.1 Å². The number of ketones is 2. The van der Waals surface area contributed by atoms with E-state index in [2.05, 4.69) is 0 Å². The summed E-state index contributed by atoms with van der Waals surface area (Å²) in [5.74, 6) is -1.13. The van der Waals surface area contributed by atoms with E-state index < -0.39 is 5.92 Å². The second kappa shape index (κ2) is 6.17. The van der Waals surface area contributed by atoms with Crippen LogP contribution in [0.2, 0.25) is 0 Å². The van der Waals surface area contributed by atoms with Crippen LogP contribution in [0.4, 0.5) is 0 Å². The van der Waals surface area contributed by atoms with Crippen molar-refractivity contribution in [2.24, 2.45) is 5.92 Å². The van der Waals surface area contributed by atoms with E-state index in [-0.39, 0.29) is 16.1 Å². The van der Waals surface area contributed by atoms with Crippen molar-refractivity contribution in [3.05, 3.63) is 10.6 Å². The SMILES string of the molecule is CCCC(=O)C(C=C(Cl)Cl)C(C)=O. The first-order valence-electron chi connectivity index (χ1n) is 4.05. The first kappa shape index (κ1) is 12.7. The molecule has 0 aromatic carbocycles. The highest BCUT2D eigenvalue weighted by Gasteiger charge is 2.19. The first-order chi connectivity index (χ1) is 5.99. The van der Waals surface area contributed by atoms with Crippen LogP contribution in [0, 0.1) is 5.92 Å². The summed E-state index contributed by atoms with van der Waals surface area (Å²) in [6.07, 6.45) is 2.38. The predicted molar refractivity (Wildman–Crippen MR) is 53.9 cm³/mol. The molecule has 4 heteroatoms. The van der Waals surface area contributed by atoms with Crippen LogP contribution in [0.5, 0.6) is 0 Å². The summed E-state index contributed by atoms with van der Waals surface area (Å²) in [5.41, 5.74) is 0. The van der Waals surface area contributed by atoms with Crippen LogP contribution >= 0.6 is 23.2 Å². The Kier molecular flexibility index (Phi) is 6.00. The molecule has 0 saturated heterocycles. The number of rotatable bonds is 5. The van der Waals surface area contributed by atoms with Gasteiger partial charge in [0.15, 0.2) is 0 Å². The van der Waals surface area contributed by atoms with Gasteiger partial charge in [-0.1, -0.05) is 30.1 Å². The third-order valence-corrected chi connectivity index (χ3v) is 1.83. The zero-order valence-corrected chi connectivity index (χ0v) is 9.15. The van der Waals surface area contributed by atoms with Crippen molar-refractivity contribution in [3.63, 3.8) is 0 Å². The van der Waals surface area contributed by atoms with Gasteiger partial charge >= 0.3 is 0 Å². The minimum atomic E-state index is -0.773. The maximum atomic E-state index is 11.3. The molecule has 1 atom stereocenters. The molecule has 0 spiro atoms. The third-order valence-electron chi connectivity index (χ3n) is 1.57. The van der Waals surface area contributed by atoms with Crippen LogP contribution in [0.1, 0.15) is 26.7 Å². The van der Waals surface area contributed by atoms with Crippen LogP contribution in [0.25, 0.3) is 0 Å². The van der Waals surface area contributed by atoms with Crippen molar-refractivity contribution >= 4 is 34.8 Å². The zero-order valence-electron chi connectivity index (χ0n) is 7.64. The van der Waals surface area contributed by atoms with Crippen LogP contribution in [0.3, 0.4) is 0 Å². The second-order valence-electron chi connectivity index (χ2n) is 2.76. The molecular formula is C9H12Cl2O2. The zero-order chi connectivity index (χ0) is 10.4. The van der Waals surface area contributed by atoms with Crippen molar-refractivity contribution in [3.8, 4) is 0 Å². The smallest absolute Gasteiger partial charge is 0.147 e. The molecule has 0 radical (unpaired) electrons. The summed E-state index contributed by atoms with van der Waals surface area (Å²) in [5, 5.41) is 0. The van der Waals surface area contributed by atoms with Gasteiger partial charge in [0, 0.05) is 6.42 Å². The Morgan fingerprint density at radius 2 is 1.92 bits per heavy atom. The van der Waals surface area contributed by atoms with E-state index in [1.54, 1.807) is 0 Å². The molecule has 0 aromatic rings. The average molecular weight is 223 g/mol. The summed E-state index contributed by atoms with van der Waals surface area (Å²) in [6.45, 7) is 3.23. The number of halogens is 2. The molecule has 2 nitrogen and oxygen atoms in total. The molecule has 0 heterocycles. The maximum absolute atomic E-state index is 11.3. The van der Waals surface area contributed by atoms with Gasteiger partial charge in [0.25, 0.3) is 0 Å². The van der Waals surface area contributed by atoms with E-state index >= 15 is 0 Å². The van der Waals surface area contributed by atoms with E-state index in [0.29, 0.717) is 6.42 Å². The Bertz CT molecular complexity index is 230. The fourth-order valence-electron chi connectivity index (χ4n) is 0.965. The Hall–Kier alpha value is -0.340. The lowest BCUT2D eigenvalue weighted by Crippen LogP contribution is -2.19. The van der Waals surface area contributed by atoms with E-state index in [1.165, 1.54) is 13.0 Å².